The molecule has 0 bridgehead atoms. The highest BCUT2D eigenvalue weighted by atomic mass is 79.9. The van der Waals surface area contributed by atoms with Crippen molar-refractivity contribution in [3.63, 3.8) is 0 Å². The van der Waals surface area contributed by atoms with Gasteiger partial charge in [-0.2, -0.15) is 0 Å². The van der Waals surface area contributed by atoms with Crippen LogP contribution in [-0.4, -0.2) is 12.5 Å². The van der Waals surface area contributed by atoms with Gasteiger partial charge in [0, 0.05) is 20.2 Å². The predicted octanol–water partition coefficient (Wildman–Crippen LogP) is 3.91. The van der Waals surface area contributed by atoms with E-state index in [1.807, 2.05) is 24.3 Å². The minimum atomic E-state index is -0.308. The SMILES string of the molecule is Nc1cc(Br)c(NC(=O)C2COc3ccccc32)c(Br)c1. The van der Waals surface area contributed by atoms with E-state index in [2.05, 4.69) is 37.2 Å². The molecule has 3 N–H and O–H groups in total. The number of nitrogens with two attached hydrogens (primary N) is 1. The lowest BCUT2D eigenvalue weighted by Gasteiger charge is -2.13. The Labute approximate surface area is 138 Å². The number of hydrogen-bond acceptors (Lipinski definition) is 3. The van der Waals surface area contributed by atoms with Gasteiger partial charge in [-0.15, -0.1) is 0 Å². The van der Waals surface area contributed by atoms with Gasteiger partial charge in [0.2, 0.25) is 5.91 Å². The minimum absolute atomic E-state index is 0.105. The number of benzene rings is 2. The predicted molar refractivity (Wildman–Crippen MR) is 89.6 cm³/mol. The number of nitrogens with one attached hydrogen (secondary N) is 1. The molecule has 0 spiro atoms. The molecule has 0 radical (unpaired) electrons. The highest BCUT2D eigenvalue weighted by Crippen LogP contribution is 2.37. The van der Waals surface area contributed by atoms with Gasteiger partial charge in [-0.05, 0) is 50.1 Å². The van der Waals surface area contributed by atoms with Gasteiger partial charge in [0.1, 0.15) is 18.3 Å². The van der Waals surface area contributed by atoms with Crippen molar-refractivity contribution >= 4 is 49.1 Å². The molecule has 0 aromatic heterocycles. The number of carbonyl (C=O) groups is 1. The summed E-state index contributed by atoms with van der Waals surface area (Å²) < 4.78 is 7.01. The van der Waals surface area contributed by atoms with Crippen molar-refractivity contribution in [3.8, 4) is 5.75 Å². The molecule has 0 fully saturated rings. The van der Waals surface area contributed by atoms with Crippen LogP contribution in [0, 0.1) is 0 Å². The molecule has 0 saturated carbocycles. The third-order valence-electron chi connectivity index (χ3n) is 3.33. The number of anilines is 2. The Morgan fingerprint density at radius 3 is 2.62 bits per heavy atom. The zero-order valence-corrected chi connectivity index (χ0v) is 14.1. The Kier molecular flexibility index (Phi) is 3.91. The lowest BCUT2D eigenvalue weighted by atomic mass is 10.0. The molecule has 6 heteroatoms. The number of hydrogen-bond donors (Lipinski definition) is 2. The summed E-state index contributed by atoms with van der Waals surface area (Å²) in [5.74, 6) is 0.358. The van der Waals surface area contributed by atoms with Gasteiger partial charge >= 0.3 is 0 Å². The van der Waals surface area contributed by atoms with Crippen LogP contribution in [0.4, 0.5) is 11.4 Å². The average molecular weight is 412 g/mol. The molecule has 108 valence electrons. The second kappa shape index (κ2) is 5.69. The number of amides is 1. The number of para-hydroxylation sites is 1. The number of fused-ring (bicyclic) bond motifs is 1. The molecule has 1 unspecified atom stereocenters. The summed E-state index contributed by atoms with van der Waals surface area (Å²) >= 11 is 6.82. The summed E-state index contributed by atoms with van der Waals surface area (Å²) in [5, 5.41) is 2.92. The molecular weight excluding hydrogens is 400 g/mol. The summed E-state index contributed by atoms with van der Waals surface area (Å²) in [7, 11) is 0. The molecule has 0 aliphatic carbocycles. The van der Waals surface area contributed by atoms with Crippen LogP contribution in [0.25, 0.3) is 0 Å². The Morgan fingerprint density at radius 2 is 1.90 bits per heavy atom. The van der Waals surface area contributed by atoms with E-state index < -0.39 is 0 Å². The highest BCUT2D eigenvalue weighted by molar-refractivity contribution is 9.11. The summed E-state index contributed by atoms with van der Waals surface area (Å²) in [6.45, 7) is 0.357. The van der Waals surface area contributed by atoms with Crippen LogP contribution in [0.5, 0.6) is 5.75 Å². The Morgan fingerprint density at radius 1 is 1.24 bits per heavy atom. The van der Waals surface area contributed by atoms with Gasteiger partial charge in [-0.3, -0.25) is 4.79 Å². The van der Waals surface area contributed by atoms with E-state index in [4.69, 9.17) is 10.5 Å². The lowest BCUT2D eigenvalue weighted by Crippen LogP contribution is -2.22. The van der Waals surface area contributed by atoms with Gasteiger partial charge in [0.05, 0.1) is 5.69 Å². The van der Waals surface area contributed by atoms with E-state index in [9.17, 15) is 4.79 Å². The molecule has 3 rings (SSSR count). The van der Waals surface area contributed by atoms with Crippen LogP contribution in [0.1, 0.15) is 11.5 Å². The second-order valence-corrected chi connectivity index (χ2v) is 6.46. The zero-order valence-electron chi connectivity index (χ0n) is 10.9. The van der Waals surface area contributed by atoms with Gasteiger partial charge in [0.25, 0.3) is 0 Å². The third-order valence-corrected chi connectivity index (χ3v) is 4.58. The summed E-state index contributed by atoms with van der Waals surface area (Å²) in [4.78, 5) is 12.5. The number of ether oxygens (including phenoxy) is 1. The first-order valence-electron chi connectivity index (χ1n) is 6.33. The number of halogens is 2. The van der Waals surface area contributed by atoms with Gasteiger partial charge in [-0.25, -0.2) is 0 Å². The monoisotopic (exact) mass is 410 g/mol. The van der Waals surface area contributed by atoms with Crippen molar-refractivity contribution in [2.45, 2.75) is 5.92 Å². The topological polar surface area (TPSA) is 64.3 Å². The maximum Gasteiger partial charge on any atom is 0.235 e. The van der Waals surface area contributed by atoms with Crippen LogP contribution >= 0.6 is 31.9 Å². The molecule has 0 saturated heterocycles. The summed E-state index contributed by atoms with van der Waals surface area (Å²) in [6, 6.07) is 11.1. The zero-order chi connectivity index (χ0) is 15.0. The van der Waals surface area contributed by atoms with E-state index in [-0.39, 0.29) is 11.8 Å². The molecule has 2 aromatic rings. The van der Waals surface area contributed by atoms with E-state index >= 15 is 0 Å². The van der Waals surface area contributed by atoms with E-state index in [0.717, 1.165) is 20.3 Å². The fourth-order valence-electron chi connectivity index (χ4n) is 2.30. The fourth-order valence-corrected chi connectivity index (χ4v) is 3.72. The van der Waals surface area contributed by atoms with Crippen molar-refractivity contribution in [3.05, 3.63) is 50.9 Å². The molecule has 4 nitrogen and oxygen atoms in total. The van der Waals surface area contributed by atoms with E-state index in [1.54, 1.807) is 12.1 Å². The van der Waals surface area contributed by atoms with Crippen molar-refractivity contribution < 1.29 is 9.53 Å². The molecule has 1 atom stereocenters. The van der Waals surface area contributed by atoms with E-state index in [1.165, 1.54) is 0 Å². The Bertz CT molecular complexity index is 696. The normalized spacial score (nSPS) is 16.2. The molecule has 1 heterocycles. The van der Waals surface area contributed by atoms with Gasteiger partial charge in [-0.1, -0.05) is 18.2 Å². The van der Waals surface area contributed by atoms with Crippen molar-refractivity contribution in [1.82, 2.24) is 0 Å². The first kappa shape index (κ1) is 14.4. The number of carbonyl (C=O) groups excluding carboxylic acids is 1. The van der Waals surface area contributed by atoms with E-state index in [0.29, 0.717) is 18.0 Å². The summed E-state index contributed by atoms with van der Waals surface area (Å²) in [6.07, 6.45) is 0. The lowest BCUT2D eigenvalue weighted by molar-refractivity contribution is -0.117. The van der Waals surface area contributed by atoms with Crippen LogP contribution in [0.3, 0.4) is 0 Å². The van der Waals surface area contributed by atoms with Crippen LogP contribution in [0.2, 0.25) is 0 Å². The average Bonchev–Trinajstić information content (AvgIpc) is 2.86. The standard InChI is InChI=1S/C15H12Br2N2O2/c16-11-5-8(18)6-12(17)14(11)19-15(20)10-7-21-13-4-2-1-3-9(10)13/h1-6,10H,7,18H2,(H,19,20). The number of nitrogen functional groups attached to an aromatic ring is 1. The Hall–Kier alpha value is -1.53. The Balaban J connectivity index is 1.86. The van der Waals surface area contributed by atoms with Crippen LogP contribution < -0.4 is 15.8 Å². The quantitative estimate of drug-likeness (QED) is 0.736. The highest BCUT2D eigenvalue weighted by Gasteiger charge is 2.30. The maximum atomic E-state index is 12.5. The molecule has 2 aromatic carbocycles. The van der Waals surface area contributed by atoms with Crippen molar-refractivity contribution in [1.29, 1.82) is 0 Å². The molecule has 1 aliphatic rings. The molecule has 1 amide bonds. The van der Waals surface area contributed by atoms with Crippen molar-refractivity contribution in [2.24, 2.45) is 0 Å². The fraction of sp³-hybridized carbons (Fsp3) is 0.133. The smallest absolute Gasteiger partial charge is 0.235 e. The third kappa shape index (κ3) is 2.78. The molecule has 1 aliphatic heterocycles. The van der Waals surface area contributed by atoms with Gasteiger partial charge < -0.3 is 15.8 Å². The second-order valence-electron chi connectivity index (χ2n) is 4.75. The maximum absolute atomic E-state index is 12.5. The first-order chi connectivity index (χ1) is 10.1. The first-order valence-corrected chi connectivity index (χ1v) is 7.92. The van der Waals surface area contributed by atoms with Crippen LogP contribution in [-0.2, 0) is 4.79 Å². The minimum Gasteiger partial charge on any atom is -0.492 e. The largest absolute Gasteiger partial charge is 0.492 e. The van der Waals surface area contributed by atoms with Crippen LogP contribution in [0.15, 0.2) is 45.3 Å². The van der Waals surface area contributed by atoms with Gasteiger partial charge in [0.15, 0.2) is 0 Å². The molecular formula is C15H12Br2N2O2. The number of rotatable bonds is 2. The van der Waals surface area contributed by atoms with Crippen molar-refractivity contribution in [2.75, 3.05) is 17.7 Å². The summed E-state index contributed by atoms with van der Waals surface area (Å²) in [5.41, 5.74) is 7.94. The molecule has 21 heavy (non-hydrogen) atoms.